The van der Waals surface area contributed by atoms with Crippen LogP contribution in [0.2, 0.25) is 0 Å². The van der Waals surface area contributed by atoms with Crippen LogP contribution in [0.5, 0.6) is 0 Å². The van der Waals surface area contributed by atoms with E-state index in [9.17, 15) is 13.2 Å². The van der Waals surface area contributed by atoms with Gasteiger partial charge in [-0.2, -0.15) is 5.26 Å². The summed E-state index contributed by atoms with van der Waals surface area (Å²) in [6, 6.07) is 19.8. The second kappa shape index (κ2) is 8.17. The summed E-state index contributed by atoms with van der Waals surface area (Å²) in [6.45, 7) is 3.64. The normalized spacial score (nSPS) is 10.8. The van der Waals surface area contributed by atoms with Crippen molar-refractivity contribution in [3.63, 3.8) is 0 Å². The van der Waals surface area contributed by atoms with Crippen LogP contribution < -0.4 is 10.0 Å². The number of hydrogen-bond acceptors (Lipinski definition) is 4. The van der Waals surface area contributed by atoms with E-state index in [1.54, 1.807) is 49.4 Å². The average Bonchev–Trinajstić information content (AvgIpc) is 2.69. The van der Waals surface area contributed by atoms with Gasteiger partial charge < -0.3 is 5.32 Å². The summed E-state index contributed by atoms with van der Waals surface area (Å²) >= 11 is 0. The maximum atomic E-state index is 12.8. The highest BCUT2D eigenvalue weighted by Gasteiger charge is 2.17. The topological polar surface area (TPSA) is 99.1 Å². The standard InChI is InChI=1S/C22H19N3O3S/c1-15-5-3-8-19(11-15)25-29(27,28)20-10-9-16(2)21(13-20)24-22(26)18-7-4-6-17(12-18)14-23/h3-13,25H,1-2H3,(H,24,26). The van der Waals surface area contributed by atoms with Gasteiger partial charge in [-0.05, 0) is 67.4 Å². The van der Waals surface area contributed by atoms with E-state index in [2.05, 4.69) is 10.0 Å². The number of carbonyl (C=O) groups is 1. The Morgan fingerprint density at radius 1 is 0.966 bits per heavy atom. The molecule has 0 aliphatic carbocycles. The highest BCUT2D eigenvalue weighted by Crippen LogP contribution is 2.23. The molecule has 3 aromatic rings. The molecule has 2 N–H and O–H groups in total. The van der Waals surface area contributed by atoms with Gasteiger partial charge in [0.2, 0.25) is 0 Å². The predicted octanol–water partition coefficient (Wildman–Crippen LogP) is 4.23. The summed E-state index contributed by atoms with van der Waals surface area (Å²) in [4.78, 5) is 12.6. The monoisotopic (exact) mass is 405 g/mol. The van der Waals surface area contributed by atoms with E-state index in [4.69, 9.17) is 5.26 Å². The Morgan fingerprint density at radius 2 is 1.72 bits per heavy atom. The summed E-state index contributed by atoms with van der Waals surface area (Å²) in [5, 5.41) is 11.7. The van der Waals surface area contributed by atoms with Crippen LogP contribution in [0.3, 0.4) is 0 Å². The minimum Gasteiger partial charge on any atom is -0.322 e. The number of anilines is 2. The Hall–Kier alpha value is -3.63. The predicted molar refractivity (Wildman–Crippen MR) is 112 cm³/mol. The molecule has 0 bridgehead atoms. The van der Waals surface area contributed by atoms with E-state index < -0.39 is 15.9 Å². The van der Waals surface area contributed by atoms with E-state index in [0.29, 0.717) is 28.1 Å². The number of hydrogen-bond donors (Lipinski definition) is 2. The molecule has 0 fully saturated rings. The summed E-state index contributed by atoms with van der Waals surface area (Å²) < 4.78 is 28.1. The lowest BCUT2D eigenvalue weighted by Crippen LogP contribution is -2.16. The highest BCUT2D eigenvalue weighted by atomic mass is 32.2. The van der Waals surface area contributed by atoms with Crippen LogP contribution in [0.25, 0.3) is 0 Å². The molecule has 0 unspecified atom stereocenters. The summed E-state index contributed by atoms with van der Waals surface area (Å²) in [5.74, 6) is -0.425. The van der Waals surface area contributed by atoms with Crippen molar-refractivity contribution in [3.05, 3.63) is 89.0 Å². The fourth-order valence-corrected chi connectivity index (χ4v) is 3.83. The van der Waals surface area contributed by atoms with Crippen molar-refractivity contribution >= 4 is 27.3 Å². The first-order valence-corrected chi connectivity index (χ1v) is 10.3. The van der Waals surface area contributed by atoms with Gasteiger partial charge >= 0.3 is 0 Å². The number of nitrogens with one attached hydrogen (secondary N) is 2. The maximum Gasteiger partial charge on any atom is 0.261 e. The van der Waals surface area contributed by atoms with Crippen molar-refractivity contribution in [2.45, 2.75) is 18.7 Å². The molecular weight excluding hydrogens is 386 g/mol. The smallest absolute Gasteiger partial charge is 0.261 e. The molecule has 3 rings (SSSR count). The number of nitrogens with zero attached hydrogens (tertiary/aromatic N) is 1. The van der Waals surface area contributed by atoms with Crippen LogP contribution in [0.4, 0.5) is 11.4 Å². The van der Waals surface area contributed by atoms with E-state index in [-0.39, 0.29) is 4.90 Å². The Bertz CT molecular complexity index is 1230. The molecule has 0 radical (unpaired) electrons. The zero-order chi connectivity index (χ0) is 21.0. The van der Waals surface area contributed by atoms with Crippen LogP contribution in [-0.2, 0) is 10.0 Å². The van der Waals surface area contributed by atoms with Crippen molar-refractivity contribution in [3.8, 4) is 6.07 Å². The summed E-state index contributed by atoms with van der Waals surface area (Å²) in [7, 11) is -3.82. The second-order valence-corrected chi connectivity index (χ2v) is 8.28. The lowest BCUT2D eigenvalue weighted by Gasteiger charge is -2.13. The molecule has 0 saturated carbocycles. The first kappa shape index (κ1) is 20.1. The number of sulfonamides is 1. The van der Waals surface area contributed by atoms with Gasteiger partial charge in [-0.1, -0.05) is 24.3 Å². The minimum absolute atomic E-state index is 0.0330. The third kappa shape index (κ3) is 4.81. The Morgan fingerprint density at radius 3 is 2.45 bits per heavy atom. The number of nitriles is 1. The third-order valence-electron chi connectivity index (χ3n) is 4.29. The van der Waals surface area contributed by atoms with Gasteiger partial charge in [-0.15, -0.1) is 0 Å². The molecule has 0 atom stereocenters. The van der Waals surface area contributed by atoms with Crippen molar-refractivity contribution < 1.29 is 13.2 Å². The zero-order valence-corrected chi connectivity index (χ0v) is 16.7. The highest BCUT2D eigenvalue weighted by molar-refractivity contribution is 7.92. The van der Waals surface area contributed by atoms with Gasteiger partial charge in [0.25, 0.3) is 15.9 Å². The van der Waals surface area contributed by atoms with Gasteiger partial charge in [0, 0.05) is 16.9 Å². The van der Waals surface area contributed by atoms with Crippen LogP contribution >= 0.6 is 0 Å². The van der Waals surface area contributed by atoms with E-state index in [1.165, 1.54) is 18.2 Å². The number of carbonyl (C=O) groups excluding carboxylic acids is 1. The number of benzene rings is 3. The summed E-state index contributed by atoms with van der Waals surface area (Å²) in [6.07, 6.45) is 0. The van der Waals surface area contributed by atoms with E-state index in [0.717, 1.165) is 5.56 Å². The number of amides is 1. The van der Waals surface area contributed by atoms with Crippen molar-refractivity contribution in [2.75, 3.05) is 10.0 Å². The number of rotatable bonds is 5. The molecule has 3 aromatic carbocycles. The Balaban J connectivity index is 1.87. The van der Waals surface area contributed by atoms with Gasteiger partial charge in [0.1, 0.15) is 0 Å². The minimum atomic E-state index is -3.82. The van der Waals surface area contributed by atoms with Gasteiger partial charge in [0.05, 0.1) is 16.5 Å². The average molecular weight is 405 g/mol. The number of aryl methyl sites for hydroxylation is 2. The van der Waals surface area contributed by atoms with Gasteiger partial charge in [-0.3, -0.25) is 9.52 Å². The molecule has 0 aliphatic rings. The van der Waals surface area contributed by atoms with Crippen LogP contribution in [0.15, 0.2) is 71.6 Å². The van der Waals surface area contributed by atoms with Crippen LogP contribution in [0.1, 0.15) is 27.0 Å². The zero-order valence-electron chi connectivity index (χ0n) is 15.9. The molecule has 0 aliphatic heterocycles. The maximum absolute atomic E-state index is 12.8. The quantitative estimate of drug-likeness (QED) is 0.663. The third-order valence-corrected chi connectivity index (χ3v) is 5.67. The first-order chi connectivity index (χ1) is 13.8. The molecule has 7 heteroatoms. The Labute approximate surface area is 169 Å². The molecule has 0 aromatic heterocycles. The Kier molecular flexibility index (Phi) is 5.66. The fraction of sp³-hybridized carbons (Fsp3) is 0.0909. The van der Waals surface area contributed by atoms with Crippen molar-refractivity contribution in [1.29, 1.82) is 5.26 Å². The van der Waals surface area contributed by atoms with Gasteiger partial charge in [-0.25, -0.2) is 8.42 Å². The molecule has 0 saturated heterocycles. The molecule has 1 amide bonds. The van der Waals surface area contributed by atoms with Crippen molar-refractivity contribution in [1.82, 2.24) is 0 Å². The van der Waals surface area contributed by atoms with E-state index in [1.807, 2.05) is 19.1 Å². The molecule has 146 valence electrons. The van der Waals surface area contributed by atoms with Crippen LogP contribution in [-0.4, -0.2) is 14.3 Å². The SMILES string of the molecule is Cc1cccc(NS(=O)(=O)c2ccc(C)c(NC(=O)c3cccc(C#N)c3)c2)c1. The summed E-state index contributed by atoms with van der Waals surface area (Å²) in [5.41, 5.74) is 3.17. The largest absolute Gasteiger partial charge is 0.322 e. The first-order valence-electron chi connectivity index (χ1n) is 8.80. The molecule has 0 heterocycles. The van der Waals surface area contributed by atoms with Crippen LogP contribution in [0, 0.1) is 25.2 Å². The lowest BCUT2D eigenvalue weighted by atomic mass is 10.1. The molecule has 0 spiro atoms. The molecule has 29 heavy (non-hydrogen) atoms. The molecule has 6 nitrogen and oxygen atoms in total. The second-order valence-electron chi connectivity index (χ2n) is 6.60. The lowest BCUT2D eigenvalue weighted by molar-refractivity contribution is 0.102. The van der Waals surface area contributed by atoms with Gasteiger partial charge in [0.15, 0.2) is 0 Å². The fourth-order valence-electron chi connectivity index (χ4n) is 2.75. The molecular formula is C22H19N3O3S. The van der Waals surface area contributed by atoms with Crippen molar-refractivity contribution in [2.24, 2.45) is 0 Å². The van der Waals surface area contributed by atoms with E-state index >= 15 is 0 Å².